The summed E-state index contributed by atoms with van der Waals surface area (Å²) < 4.78 is 0. The molecule has 10 aromatic rings. The van der Waals surface area contributed by atoms with Gasteiger partial charge in [0.15, 0.2) is 0 Å². The molecule has 0 N–H and O–H groups in total. The minimum atomic E-state index is 1.24. The Kier molecular flexibility index (Phi) is 6.41. The molecule has 0 fully saturated rings. The Morgan fingerprint density at radius 2 is 0.820 bits per heavy atom. The van der Waals surface area contributed by atoms with Crippen molar-refractivity contribution in [3.05, 3.63) is 181 Å². The molecule has 0 spiro atoms. The Hall–Kier alpha value is -6.24. The van der Waals surface area contributed by atoms with Crippen LogP contribution in [0.25, 0.3) is 98.4 Å². The van der Waals surface area contributed by atoms with E-state index in [0.717, 1.165) is 0 Å². The first-order chi connectivity index (χ1) is 24.6. The molecule has 0 aliphatic heterocycles. The molecule has 50 heavy (non-hydrogen) atoms. The highest BCUT2D eigenvalue weighted by Gasteiger charge is 2.22. The van der Waals surface area contributed by atoms with Crippen LogP contribution in [0.3, 0.4) is 0 Å². The SMILES string of the molecule is Cc1cccc(-c2ccc3c(-c4ccccc4)cc4c(-c5cccc(C)c5)cc(-c5cccc6c5ccc5ccccc56)c5ccc2c3c45)c1. The van der Waals surface area contributed by atoms with Crippen LogP contribution in [0.15, 0.2) is 170 Å². The van der Waals surface area contributed by atoms with E-state index in [2.05, 4.69) is 184 Å². The largest absolute Gasteiger partial charge is 0.0622 e. The van der Waals surface area contributed by atoms with Crippen molar-refractivity contribution in [3.8, 4) is 44.5 Å². The molecule has 0 radical (unpaired) electrons. The standard InChI is InChI=1S/C50H34/c1-31-11-8-16-35(27-31)38-23-24-43-45(33-13-4-3-5-14-33)30-48-46(36-17-9-12-32(2)28-36)29-47(44-26-25-42(38)49(43)50(44)48)40-20-10-19-39-37-18-7-6-15-34(37)21-22-41(39)40/h3-30H,1-2H3. The van der Waals surface area contributed by atoms with Crippen LogP contribution in [0.2, 0.25) is 0 Å². The molecule has 0 saturated carbocycles. The number of rotatable bonds is 4. The maximum Gasteiger partial charge on any atom is -0.00137 e. The highest BCUT2D eigenvalue weighted by molar-refractivity contribution is 6.33. The van der Waals surface area contributed by atoms with Gasteiger partial charge in [-0.2, -0.15) is 0 Å². The van der Waals surface area contributed by atoms with Gasteiger partial charge in [0.2, 0.25) is 0 Å². The van der Waals surface area contributed by atoms with E-state index in [1.165, 1.54) is 109 Å². The van der Waals surface area contributed by atoms with Gasteiger partial charge in [0, 0.05) is 0 Å². The van der Waals surface area contributed by atoms with Crippen LogP contribution in [0.5, 0.6) is 0 Å². The molecule has 0 nitrogen and oxygen atoms in total. The summed E-state index contributed by atoms with van der Waals surface area (Å²) in [6.45, 7) is 4.38. The molecule has 0 atom stereocenters. The predicted octanol–water partition coefficient (Wildman–Crippen LogP) is 14.2. The average molecular weight is 635 g/mol. The van der Waals surface area contributed by atoms with Crippen LogP contribution >= 0.6 is 0 Å². The molecule has 0 saturated heterocycles. The Labute approximate surface area is 292 Å². The number of hydrogen-bond donors (Lipinski definition) is 0. The molecule has 10 rings (SSSR count). The fraction of sp³-hybridized carbons (Fsp3) is 0.0400. The van der Waals surface area contributed by atoms with Crippen LogP contribution in [0, 0.1) is 13.8 Å². The van der Waals surface area contributed by atoms with E-state index >= 15 is 0 Å². The highest BCUT2D eigenvalue weighted by atomic mass is 14.2. The third-order valence-electron chi connectivity index (χ3n) is 10.7. The maximum atomic E-state index is 2.47. The normalized spacial score (nSPS) is 11.8. The lowest BCUT2D eigenvalue weighted by Gasteiger charge is -2.22. The van der Waals surface area contributed by atoms with Gasteiger partial charge in [0.05, 0.1) is 0 Å². The summed E-state index contributed by atoms with van der Waals surface area (Å²) in [6.07, 6.45) is 0. The second-order valence-corrected chi connectivity index (χ2v) is 13.8. The van der Waals surface area contributed by atoms with Crippen LogP contribution in [-0.4, -0.2) is 0 Å². The molecule has 0 aliphatic rings. The number of hydrogen-bond acceptors (Lipinski definition) is 0. The summed E-state index contributed by atoms with van der Waals surface area (Å²) >= 11 is 0. The maximum absolute atomic E-state index is 2.47. The summed E-state index contributed by atoms with van der Waals surface area (Å²) in [5.41, 5.74) is 12.6. The quantitative estimate of drug-likeness (QED) is 0.169. The smallest absolute Gasteiger partial charge is 0.00137 e. The molecule has 0 aliphatic carbocycles. The van der Waals surface area contributed by atoms with E-state index in [9.17, 15) is 0 Å². The summed E-state index contributed by atoms with van der Waals surface area (Å²) in [5, 5.41) is 12.9. The van der Waals surface area contributed by atoms with Gasteiger partial charge >= 0.3 is 0 Å². The summed E-state index contributed by atoms with van der Waals surface area (Å²) in [6, 6.07) is 63.4. The third kappa shape index (κ3) is 4.39. The van der Waals surface area contributed by atoms with Crippen molar-refractivity contribution in [2.45, 2.75) is 13.8 Å². The van der Waals surface area contributed by atoms with Crippen molar-refractivity contribution in [2.24, 2.45) is 0 Å². The van der Waals surface area contributed by atoms with Crippen LogP contribution in [-0.2, 0) is 0 Å². The van der Waals surface area contributed by atoms with Crippen molar-refractivity contribution in [1.82, 2.24) is 0 Å². The first kappa shape index (κ1) is 28.7. The fourth-order valence-corrected chi connectivity index (χ4v) is 8.45. The van der Waals surface area contributed by atoms with E-state index in [1.54, 1.807) is 0 Å². The Morgan fingerprint density at radius 1 is 0.260 bits per heavy atom. The van der Waals surface area contributed by atoms with Crippen LogP contribution < -0.4 is 0 Å². The highest BCUT2D eigenvalue weighted by Crippen LogP contribution is 2.49. The van der Waals surface area contributed by atoms with Gasteiger partial charge in [-0.05, 0) is 124 Å². The van der Waals surface area contributed by atoms with E-state index in [4.69, 9.17) is 0 Å². The molecule has 0 heterocycles. The molecule has 0 unspecified atom stereocenters. The Morgan fingerprint density at radius 3 is 1.60 bits per heavy atom. The van der Waals surface area contributed by atoms with Gasteiger partial charge in [-0.15, -0.1) is 0 Å². The zero-order valence-corrected chi connectivity index (χ0v) is 28.2. The molecular weight excluding hydrogens is 601 g/mol. The van der Waals surface area contributed by atoms with Crippen molar-refractivity contribution >= 4 is 53.9 Å². The van der Waals surface area contributed by atoms with Gasteiger partial charge in [-0.3, -0.25) is 0 Å². The number of fused-ring (bicyclic) bond motifs is 3. The van der Waals surface area contributed by atoms with Gasteiger partial charge in [-0.1, -0.05) is 169 Å². The lowest BCUT2D eigenvalue weighted by Crippen LogP contribution is -1.95. The predicted molar refractivity (Wildman–Crippen MR) is 216 cm³/mol. The molecule has 234 valence electrons. The Bertz CT molecular complexity index is 2930. The average Bonchev–Trinajstić information content (AvgIpc) is 3.16. The molecule has 0 amide bonds. The van der Waals surface area contributed by atoms with Gasteiger partial charge in [0.1, 0.15) is 0 Å². The molecular formula is C50H34. The summed E-state index contributed by atoms with van der Waals surface area (Å²) in [5.74, 6) is 0. The first-order valence-corrected chi connectivity index (χ1v) is 17.5. The second kappa shape index (κ2) is 11.2. The van der Waals surface area contributed by atoms with Crippen molar-refractivity contribution in [1.29, 1.82) is 0 Å². The number of benzene rings is 10. The van der Waals surface area contributed by atoms with Crippen molar-refractivity contribution in [3.63, 3.8) is 0 Å². The summed E-state index contributed by atoms with van der Waals surface area (Å²) in [4.78, 5) is 0. The minimum absolute atomic E-state index is 1.24. The fourth-order valence-electron chi connectivity index (χ4n) is 8.45. The Balaban J connectivity index is 1.41. The van der Waals surface area contributed by atoms with Crippen LogP contribution in [0.1, 0.15) is 11.1 Å². The molecule has 0 bridgehead atoms. The van der Waals surface area contributed by atoms with Gasteiger partial charge < -0.3 is 0 Å². The topological polar surface area (TPSA) is 0 Å². The third-order valence-corrected chi connectivity index (χ3v) is 10.7. The monoisotopic (exact) mass is 634 g/mol. The lowest BCUT2D eigenvalue weighted by molar-refractivity contribution is 1.47. The van der Waals surface area contributed by atoms with E-state index < -0.39 is 0 Å². The van der Waals surface area contributed by atoms with E-state index in [1.807, 2.05) is 0 Å². The zero-order chi connectivity index (χ0) is 33.3. The molecule has 10 aromatic carbocycles. The number of aryl methyl sites for hydroxylation is 2. The first-order valence-electron chi connectivity index (χ1n) is 17.5. The van der Waals surface area contributed by atoms with E-state index in [0.29, 0.717) is 0 Å². The van der Waals surface area contributed by atoms with Gasteiger partial charge in [0.25, 0.3) is 0 Å². The second-order valence-electron chi connectivity index (χ2n) is 13.8. The van der Waals surface area contributed by atoms with Gasteiger partial charge in [-0.25, -0.2) is 0 Å². The summed E-state index contributed by atoms with van der Waals surface area (Å²) in [7, 11) is 0. The lowest BCUT2D eigenvalue weighted by atomic mass is 9.81. The zero-order valence-electron chi connectivity index (χ0n) is 28.2. The van der Waals surface area contributed by atoms with Crippen molar-refractivity contribution < 1.29 is 0 Å². The van der Waals surface area contributed by atoms with Crippen LogP contribution in [0.4, 0.5) is 0 Å². The molecule has 0 heteroatoms. The minimum Gasteiger partial charge on any atom is -0.0622 e. The van der Waals surface area contributed by atoms with E-state index in [-0.39, 0.29) is 0 Å². The molecule has 0 aromatic heterocycles. The van der Waals surface area contributed by atoms with Crippen molar-refractivity contribution in [2.75, 3.05) is 0 Å².